The van der Waals surface area contributed by atoms with Gasteiger partial charge < -0.3 is 19.9 Å². The molecule has 0 spiro atoms. The Morgan fingerprint density at radius 2 is 1.70 bits per heavy atom. The first-order valence-corrected chi connectivity index (χ1v) is 15.8. The molecule has 0 saturated carbocycles. The van der Waals surface area contributed by atoms with Gasteiger partial charge in [0.05, 0.1) is 30.0 Å². The number of benzene rings is 2. The lowest BCUT2D eigenvalue weighted by Gasteiger charge is -2.25. The van der Waals surface area contributed by atoms with Crippen molar-refractivity contribution in [2.45, 2.75) is 79.2 Å². The Morgan fingerprint density at radius 3 is 2.41 bits per heavy atom. The third-order valence-electron chi connectivity index (χ3n) is 7.89. The summed E-state index contributed by atoms with van der Waals surface area (Å²) in [5.74, 6) is 0.343. The van der Waals surface area contributed by atoms with Crippen molar-refractivity contribution in [1.82, 2.24) is 4.98 Å². The molecule has 2 aromatic carbocycles. The predicted octanol–water partition coefficient (Wildman–Crippen LogP) is 8.44. The van der Waals surface area contributed by atoms with Crippen LogP contribution in [0.15, 0.2) is 66.7 Å². The standard InChI is InChI=1S/C37H48N2O5/c1-5-37(6-2,36(41)42)26-35(40)39-32-14-9-12-30(25-32)16-19-31-13-10-15-33(38-31)27-43-23-8-7-11-29-17-20-34(21-18-29)44-24-22-28(3)4/h9-10,12-21,25,28H,5-8,11,22-24,26-27H2,1-4H3,(H,39,40)(H,41,42)/b19-16+. The van der Waals surface area contributed by atoms with Crippen LogP contribution in [0.4, 0.5) is 5.69 Å². The van der Waals surface area contributed by atoms with Gasteiger partial charge in [0.25, 0.3) is 0 Å². The zero-order valence-corrected chi connectivity index (χ0v) is 26.7. The van der Waals surface area contributed by atoms with Crippen LogP contribution < -0.4 is 10.1 Å². The summed E-state index contributed by atoms with van der Waals surface area (Å²) in [6.07, 6.45) is 8.71. The van der Waals surface area contributed by atoms with Gasteiger partial charge in [-0.1, -0.05) is 64.1 Å². The van der Waals surface area contributed by atoms with E-state index in [1.54, 1.807) is 19.9 Å². The maximum atomic E-state index is 12.6. The molecule has 0 fully saturated rings. The lowest BCUT2D eigenvalue weighted by Crippen LogP contribution is -2.34. The number of amides is 1. The molecule has 7 nitrogen and oxygen atoms in total. The summed E-state index contributed by atoms with van der Waals surface area (Å²) in [5, 5.41) is 12.5. The Bertz CT molecular complexity index is 1350. The number of nitrogens with one attached hydrogen (secondary N) is 1. The van der Waals surface area contributed by atoms with Crippen LogP contribution in [0.1, 0.15) is 88.7 Å². The minimum atomic E-state index is -1.04. The Kier molecular flexibility index (Phi) is 14.1. The number of aliphatic carboxylic acids is 1. The number of pyridine rings is 1. The SMILES string of the molecule is CCC(CC)(CC(=O)Nc1cccc(/C=C/c2cccc(COCCCCc3ccc(OCCC(C)C)cc3)n2)c1)C(=O)O. The molecule has 3 aromatic rings. The van der Waals surface area contributed by atoms with E-state index in [1.165, 1.54) is 5.56 Å². The monoisotopic (exact) mass is 600 g/mol. The van der Waals surface area contributed by atoms with Gasteiger partial charge in [0.2, 0.25) is 5.91 Å². The van der Waals surface area contributed by atoms with Gasteiger partial charge in [-0.2, -0.15) is 0 Å². The van der Waals surface area contributed by atoms with Crippen LogP contribution in [0.3, 0.4) is 0 Å². The number of anilines is 1. The highest BCUT2D eigenvalue weighted by molar-refractivity contribution is 5.94. The number of ether oxygens (including phenoxy) is 2. The van der Waals surface area contributed by atoms with Crippen molar-refractivity contribution in [1.29, 1.82) is 0 Å². The maximum Gasteiger partial charge on any atom is 0.310 e. The molecule has 0 aliphatic carbocycles. The number of rotatable bonds is 19. The highest BCUT2D eigenvalue weighted by atomic mass is 16.5. The number of unbranched alkanes of at least 4 members (excludes halogenated alkanes) is 1. The summed E-state index contributed by atoms with van der Waals surface area (Å²) in [4.78, 5) is 29.1. The lowest BCUT2D eigenvalue weighted by atomic mass is 9.79. The van der Waals surface area contributed by atoms with Crippen molar-refractivity contribution < 1.29 is 24.2 Å². The van der Waals surface area contributed by atoms with Crippen molar-refractivity contribution in [3.63, 3.8) is 0 Å². The molecule has 0 atom stereocenters. The molecular formula is C37H48N2O5. The minimum Gasteiger partial charge on any atom is -0.494 e. The van der Waals surface area contributed by atoms with Crippen LogP contribution >= 0.6 is 0 Å². The van der Waals surface area contributed by atoms with Crippen molar-refractivity contribution in [2.75, 3.05) is 18.5 Å². The van der Waals surface area contributed by atoms with E-state index < -0.39 is 11.4 Å². The molecule has 0 bridgehead atoms. The second kappa shape index (κ2) is 18.0. The molecule has 0 aliphatic heterocycles. The molecule has 0 saturated heterocycles. The third kappa shape index (κ3) is 11.6. The molecule has 2 N–H and O–H groups in total. The summed E-state index contributed by atoms with van der Waals surface area (Å²) >= 11 is 0. The number of nitrogens with zero attached hydrogens (tertiary/aromatic N) is 1. The number of hydrogen-bond acceptors (Lipinski definition) is 5. The van der Waals surface area contributed by atoms with Gasteiger partial charge in [-0.15, -0.1) is 0 Å². The smallest absolute Gasteiger partial charge is 0.310 e. The quantitative estimate of drug-likeness (QED) is 0.134. The number of carboxylic acid groups (broad SMARTS) is 1. The molecule has 7 heteroatoms. The van der Waals surface area contributed by atoms with E-state index >= 15 is 0 Å². The molecule has 0 radical (unpaired) electrons. The summed E-state index contributed by atoms with van der Waals surface area (Å²) in [5.41, 5.74) is 3.47. The minimum absolute atomic E-state index is 0.0589. The van der Waals surface area contributed by atoms with Gasteiger partial charge in [0.15, 0.2) is 0 Å². The number of hydrogen-bond donors (Lipinski definition) is 2. The van der Waals surface area contributed by atoms with Gasteiger partial charge in [-0.05, 0) is 98.0 Å². The van der Waals surface area contributed by atoms with E-state index in [4.69, 9.17) is 9.47 Å². The second-order valence-corrected chi connectivity index (χ2v) is 11.7. The predicted molar refractivity (Wildman–Crippen MR) is 177 cm³/mol. The second-order valence-electron chi connectivity index (χ2n) is 11.7. The van der Waals surface area contributed by atoms with E-state index in [2.05, 4.69) is 48.4 Å². The van der Waals surface area contributed by atoms with Crippen LogP contribution in [0.2, 0.25) is 0 Å². The first-order chi connectivity index (χ1) is 21.2. The van der Waals surface area contributed by atoms with Gasteiger partial charge >= 0.3 is 5.97 Å². The van der Waals surface area contributed by atoms with Gasteiger partial charge in [0.1, 0.15) is 5.75 Å². The van der Waals surface area contributed by atoms with Crippen molar-refractivity contribution in [3.8, 4) is 5.75 Å². The van der Waals surface area contributed by atoms with Gasteiger partial charge in [0, 0.05) is 18.7 Å². The van der Waals surface area contributed by atoms with Crippen molar-refractivity contribution in [3.05, 3.63) is 89.2 Å². The van der Waals surface area contributed by atoms with E-state index in [-0.39, 0.29) is 12.3 Å². The summed E-state index contributed by atoms with van der Waals surface area (Å²) < 4.78 is 11.7. The molecule has 3 rings (SSSR count). The van der Waals surface area contributed by atoms with Crippen LogP contribution in [-0.4, -0.2) is 35.2 Å². The summed E-state index contributed by atoms with van der Waals surface area (Å²) in [6, 6.07) is 21.7. The van der Waals surface area contributed by atoms with Crippen LogP contribution in [0.25, 0.3) is 12.2 Å². The Balaban J connectivity index is 1.41. The summed E-state index contributed by atoms with van der Waals surface area (Å²) in [7, 11) is 0. The average molecular weight is 601 g/mol. The van der Waals surface area contributed by atoms with Crippen LogP contribution in [0, 0.1) is 11.3 Å². The number of carboxylic acids is 1. The fraction of sp³-hybridized carbons (Fsp3) is 0.432. The molecule has 0 aliphatic rings. The number of carbonyl (C=O) groups excluding carboxylic acids is 1. The van der Waals surface area contributed by atoms with Crippen LogP contribution in [0.5, 0.6) is 5.75 Å². The largest absolute Gasteiger partial charge is 0.494 e. The van der Waals surface area contributed by atoms with E-state index in [9.17, 15) is 14.7 Å². The van der Waals surface area contributed by atoms with E-state index in [0.717, 1.165) is 55.0 Å². The zero-order valence-electron chi connectivity index (χ0n) is 26.7. The molecule has 1 heterocycles. The average Bonchev–Trinajstić information content (AvgIpc) is 3.01. The Hall–Kier alpha value is -3.97. The topological polar surface area (TPSA) is 97.8 Å². The first kappa shape index (κ1) is 34.5. The Labute approximate surface area is 262 Å². The van der Waals surface area contributed by atoms with Crippen molar-refractivity contribution in [2.24, 2.45) is 11.3 Å². The summed E-state index contributed by atoms with van der Waals surface area (Å²) in [6.45, 7) is 9.91. The molecule has 44 heavy (non-hydrogen) atoms. The number of aryl methyl sites for hydroxylation is 1. The van der Waals surface area contributed by atoms with Crippen LogP contribution in [-0.2, 0) is 27.4 Å². The van der Waals surface area contributed by atoms with Gasteiger partial charge in [-0.25, -0.2) is 0 Å². The molecule has 0 unspecified atom stereocenters. The molecule has 236 valence electrons. The molecular weight excluding hydrogens is 552 g/mol. The highest BCUT2D eigenvalue weighted by Gasteiger charge is 2.37. The molecule has 1 amide bonds. The van der Waals surface area contributed by atoms with Gasteiger partial charge in [-0.3, -0.25) is 14.6 Å². The van der Waals surface area contributed by atoms with E-state index in [1.807, 2.05) is 48.6 Å². The number of aromatic nitrogens is 1. The fourth-order valence-corrected chi connectivity index (χ4v) is 4.84. The molecule has 1 aromatic heterocycles. The fourth-order valence-electron chi connectivity index (χ4n) is 4.84. The first-order valence-electron chi connectivity index (χ1n) is 15.8. The zero-order chi connectivity index (χ0) is 31.8. The Morgan fingerprint density at radius 1 is 0.955 bits per heavy atom. The highest BCUT2D eigenvalue weighted by Crippen LogP contribution is 2.31. The van der Waals surface area contributed by atoms with E-state index in [0.29, 0.717) is 37.7 Å². The third-order valence-corrected chi connectivity index (χ3v) is 7.89. The normalized spacial score (nSPS) is 11.7. The maximum absolute atomic E-state index is 12.6. The lowest BCUT2D eigenvalue weighted by molar-refractivity contribution is -0.151. The van der Waals surface area contributed by atoms with Crippen molar-refractivity contribution >= 4 is 29.7 Å². The number of carbonyl (C=O) groups is 2.